The first kappa shape index (κ1) is 9.76. The number of benzene rings is 1. The third kappa shape index (κ3) is 1.47. The number of primary amides is 1. The van der Waals surface area contributed by atoms with E-state index in [-0.39, 0.29) is 5.91 Å². The molecule has 0 bridgehead atoms. The van der Waals surface area contributed by atoms with Crippen LogP contribution in [0.5, 0.6) is 0 Å². The largest absolute Gasteiger partial charge is 0.399 e. The van der Waals surface area contributed by atoms with Crippen LogP contribution in [0.15, 0.2) is 18.2 Å². The highest BCUT2D eigenvalue weighted by Crippen LogP contribution is 2.48. The van der Waals surface area contributed by atoms with Crippen LogP contribution in [-0.4, -0.2) is 5.91 Å². The Bertz CT molecular complexity index is 379. The first-order chi connectivity index (χ1) is 6.54. The topological polar surface area (TPSA) is 69.1 Å². The van der Waals surface area contributed by atoms with Gasteiger partial charge in [0.15, 0.2) is 0 Å². The maximum atomic E-state index is 11.3. The second-order valence-electron chi connectivity index (χ2n) is 3.72. The Balaban J connectivity index is 2.47. The van der Waals surface area contributed by atoms with E-state index in [4.69, 9.17) is 11.5 Å². The second kappa shape index (κ2) is 3.12. The van der Waals surface area contributed by atoms with E-state index in [0.29, 0.717) is 5.69 Å². The molecule has 1 aromatic rings. The van der Waals surface area contributed by atoms with E-state index >= 15 is 0 Å². The summed E-state index contributed by atoms with van der Waals surface area (Å²) in [5, 5.41) is 0. The predicted molar refractivity (Wildman–Crippen MR) is 63.7 cm³/mol. The summed E-state index contributed by atoms with van der Waals surface area (Å²) in [6.07, 6.45) is 1.70. The lowest BCUT2D eigenvalue weighted by Crippen LogP contribution is -2.28. The van der Waals surface area contributed by atoms with Crippen molar-refractivity contribution in [2.24, 2.45) is 5.73 Å². The molecule has 4 heteroatoms. The van der Waals surface area contributed by atoms with E-state index in [2.05, 4.69) is 22.6 Å². The van der Waals surface area contributed by atoms with Crippen LogP contribution in [-0.2, 0) is 10.2 Å². The Morgan fingerprint density at radius 2 is 2.00 bits per heavy atom. The molecule has 1 saturated carbocycles. The monoisotopic (exact) mass is 302 g/mol. The summed E-state index contributed by atoms with van der Waals surface area (Å²) in [4.78, 5) is 11.3. The minimum Gasteiger partial charge on any atom is -0.399 e. The lowest BCUT2D eigenvalue weighted by Gasteiger charge is -2.12. The number of carbonyl (C=O) groups excluding carboxylic acids is 1. The van der Waals surface area contributed by atoms with Gasteiger partial charge in [-0.05, 0) is 59.2 Å². The molecule has 0 aromatic heterocycles. The van der Waals surface area contributed by atoms with Gasteiger partial charge in [0.1, 0.15) is 0 Å². The van der Waals surface area contributed by atoms with Crippen molar-refractivity contribution >= 4 is 34.2 Å². The maximum absolute atomic E-state index is 11.3. The van der Waals surface area contributed by atoms with Gasteiger partial charge in [-0.15, -0.1) is 0 Å². The zero-order valence-electron chi connectivity index (χ0n) is 7.59. The zero-order valence-corrected chi connectivity index (χ0v) is 9.74. The molecule has 1 amide bonds. The molecule has 1 fully saturated rings. The fraction of sp³-hybridized carbons (Fsp3) is 0.300. The van der Waals surface area contributed by atoms with Crippen LogP contribution in [0.25, 0.3) is 0 Å². The average Bonchev–Trinajstić information content (AvgIpc) is 2.81. The minimum atomic E-state index is -0.421. The number of carbonyl (C=O) groups is 1. The first-order valence-electron chi connectivity index (χ1n) is 4.41. The number of hydrogen-bond donors (Lipinski definition) is 2. The summed E-state index contributed by atoms with van der Waals surface area (Å²) in [6, 6.07) is 5.70. The van der Waals surface area contributed by atoms with Gasteiger partial charge in [0.25, 0.3) is 0 Å². The summed E-state index contributed by atoms with van der Waals surface area (Å²) in [7, 11) is 0. The Morgan fingerprint density at radius 1 is 1.36 bits per heavy atom. The molecule has 3 nitrogen and oxygen atoms in total. The van der Waals surface area contributed by atoms with Gasteiger partial charge >= 0.3 is 0 Å². The van der Waals surface area contributed by atoms with Crippen LogP contribution in [0, 0.1) is 3.57 Å². The van der Waals surface area contributed by atoms with Gasteiger partial charge in [-0.1, -0.05) is 0 Å². The van der Waals surface area contributed by atoms with Gasteiger partial charge in [0.05, 0.1) is 5.41 Å². The molecule has 4 N–H and O–H groups in total. The minimum absolute atomic E-state index is 0.237. The molecule has 1 aliphatic rings. The number of amides is 1. The van der Waals surface area contributed by atoms with Crippen molar-refractivity contribution in [2.75, 3.05) is 5.73 Å². The molecular weight excluding hydrogens is 291 g/mol. The van der Waals surface area contributed by atoms with Crippen molar-refractivity contribution in [1.82, 2.24) is 0 Å². The Labute approximate surface area is 96.0 Å². The van der Waals surface area contributed by atoms with Crippen molar-refractivity contribution in [3.8, 4) is 0 Å². The number of hydrogen-bond acceptors (Lipinski definition) is 2. The fourth-order valence-corrected chi connectivity index (χ4v) is 2.39. The van der Waals surface area contributed by atoms with Crippen molar-refractivity contribution < 1.29 is 4.79 Å². The SMILES string of the molecule is NC(=O)C1(c2cc(N)cc(I)c2)CC1. The molecule has 0 atom stereocenters. The van der Waals surface area contributed by atoms with Crippen molar-refractivity contribution in [3.05, 3.63) is 27.3 Å². The number of halogens is 1. The van der Waals surface area contributed by atoms with Gasteiger partial charge in [-0.3, -0.25) is 4.79 Å². The predicted octanol–water partition coefficient (Wildman–Crippen LogP) is 1.39. The van der Waals surface area contributed by atoms with E-state index in [1.165, 1.54) is 0 Å². The van der Waals surface area contributed by atoms with Crippen molar-refractivity contribution in [1.29, 1.82) is 0 Å². The number of nitrogen functional groups attached to an aromatic ring is 1. The van der Waals surface area contributed by atoms with Crippen LogP contribution in [0.1, 0.15) is 18.4 Å². The highest BCUT2D eigenvalue weighted by atomic mass is 127. The molecule has 1 aliphatic carbocycles. The first-order valence-corrected chi connectivity index (χ1v) is 5.49. The Kier molecular flexibility index (Phi) is 2.17. The second-order valence-corrected chi connectivity index (χ2v) is 4.97. The van der Waals surface area contributed by atoms with E-state index in [0.717, 1.165) is 22.0 Å². The smallest absolute Gasteiger partial charge is 0.228 e. The molecule has 2 rings (SSSR count). The molecule has 0 unspecified atom stereocenters. The van der Waals surface area contributed by atoms with E-state index in [1.807, 2.05) is 18.2 Å². The summed E-state index contributed by atoms with van der Waals surface area (Å²) in [5.41, 5.74) is 12.3. The molecule has 0 saturated heterocycles. The zero-order chi connectivity index (χ0) is 10.3. The van der Waals surface area contributed by atoms with Crippen molar-refractivity contribution in [3.63, 3.8) is 0 Å². The van der Waals surface area contributed by atoms with Gasteiger partial charge in [0.2, 0.25) is 5.91 Å². The van der Waals surface area contributed by atoms with Crippen LogP contribution in [0.4, 0.5) is 5.69 Å². The highest BCUT2D eigenvalue weighted by Gasteiger charge is 2.50. The summed E-state index contributed by atoms with van der Waals surface area (Å²) >= 11 is 2.19. The van der Waals surface area contributed by atoms with E-state index in [9.17, 15) is 4.79 Å². The molecule has 0 spiro atoms. The molecule has 0 aliphatic heterocycles. The third-order valence-electron chi connectivity index (χ3n) is 2.69. The average molecular weight is 302 g/mol. The lowest BCUT2D eigenvalue weighted by atomic mass is 9.95. The normalized spacial score (nSPS) is 17.8. The summed E-state index contributed by atoms with van der Waals surface area (Å²) < 4.78 is 1.05. The maximum Gasteiger partial charge on any atom is 0.228 e. The lowest BCUT2D eigenvalue weighted by molar-refractivity contribution is -0.120. The summed E-state index contributed by atoms with van der Waals surface area (Å²) in [6.45, 7) is 0. The quantitative estimate of drug-likeness (QED) is 0.640. The number of nitrogens with two attached hydrogens (primary N) is 2. The van der Waals surface area contributed by atoms with Crippen LogP contribution >= 0.6 is 22.6 Å². The standard InChI is InChI=1S/C10H11IN2O/c11-7-3-6(4-8(12)5-7)10(1-2-10)9(13)14/h3-5H,1-2,12H2,(H2,13,14). The Hall–Kier alpha value is -0.780. The van der Waals surface area contributed by atoms with E-state index < -0.39 is 5.41 Å². The molecule has 0 radical (unpaired) electrons. The van der Waals surface area contributed by atoms with Crippen LogP contribution in [0.3, 0.4) is 0 Å². The van der Waals surface area contributed by atoms with Crippen LogP contribution < -0.4 is 11.5 Å². The molecule has 0 heterocycles. The molecule has 14 heavy (non-hydrogen) atoms. The third-order valence-corrected chi connectivity index (χ3v) is 3.32. The molecule has 74 valence electrons. The Morgan fingerprint density at radius 3 is 2.43 bits per heavy atom. The molecule has 1 aromatic carbocycles. The van der Waals surface area contributed by atoms with Gasteiger partial charge < -0.3 is 11.5 Å². The number of rotatable bonds is 2. The van der Waals surface area contributed by atoms with Crippen molar-refractivity contribution in [2.45, 2.75) is 18.3 Å². The summed E-state index contributed by atoms with van der Waals surface area (Å²) in [5.74, 6) is -0.237. The molecular formula is C10H11IN2O. The van der Waals surface area contributed by atoms with Gasteiger partial charge in [-0.25, -0.2) is 0 Å². The number of anilines is 1. The van der Waals surface area contributed by atoms with E-state index in [1.54, 1.807) is 0 Å². The van der Waals surface area contributed by atoms with Gasteiger partial charge in [-0.2, -0.15) is 0 Å². The van der Waals surface area contributed by atoms with Crippen LogP contribution in [0.2, 0.25) is 0 Å². The van der Waals surface area contributed by atoms with Gasteiger partial charge in [0, 0.05) is 9.26 Å². The highest BCUT2D eigenvalue weighted by molar-refractivity contribution is 14.1. The fourth-order valence-electron chi connectivity index (χ4n) is 1.69.